The van der Waals surface area contributed by atoms with Crippen LogP contribution in [-0.4, -0.2) is 23.0 Å². The SMILES string of the molecule is CC(C)(c1ccccc1)c1n[c-]c(-c2cc3ccccc3cn2)c2oc3ccccc3c12.[2H]C([2H])([2H])c1c[c-]c(-c2cc(-c3ccccc3)c([Si](C)(C)C)cn2)cc1.[Ir]. The van der Waals surface area contributed by atoms with Crippen LogP contribution in [0.15, 0.2) is 156 Å². The first-order valence-electron chi connectivity index (χ1n) is 20.0. The zero-order valence-corrected chi connectivity index (χ0v) is 35.4. The van der Waals surface area contributed by atoms with Gasteiger partial charge in [0.2, 0.25) is 0 Å². The second-order valence-electron chi connectivity index (χ2n) is 15.4. The van der Waals surface area contributed by atoms with Crippen molar-refractivity contribution >= 4 is 46.0 Å². The van der Waals surface area contributed by atoms with Crippen LogP contribution in [0.3, 0.4) is 0 Å². The van der Waals surface area contributed by atoms with Crippen molar-refractivity contribution in [2.75, 3.05) is 0 Å². The van der Waals surface area contributed by atoms with Gasteiger partial charge in [0.15, 0.2) is 0 Å². The third kappa shape index (κ3) is 7.65. The molecule has 1 radical (unpaired) electrons. The van der Waals surface area contributed by atoms with E-state index in [-0.39, 0.29) is 25.5 Å². The minimum Gasteiger partial charge on any atom is -0.500 e. The fraction of sp³-hybridized carbons (Fsp3) is 0.140. The number of rotatable bonds is 6. The van der Waals surface area contributed by atoms with Gasteiger partial charge in [-0.15, -0.1) is 35.4 Å². The Hall–Kier alpha value is -5.52. The number of furan rings is 1. The molecule has 56 heavy (non-hydrogen) atoms. The number of hydrogen-bond acceptors (Lipinski definition) is 4. The summed E-state index contributed by atoms with van der Waals surface area (Å²) >= 11 is 0. The number of benzene rings is 5. The van der Waals surface area contributed by atoms with Gasteiger partial charge >= 0.3 is 0 Å². The maximum absolute atomic E-state index is 7.49. The molecule has 9 rings (SSSR count). The summed E-state index contributed by atoms with van der Waals surface area (Å²) in [5.74, 6) is 0. The second-order valence-corrected chi connectivity index (χ2v) is 20.4. The predicted molar refractivity (Wildman–Crippen MR) is 231 cm³/mol. The molecule has 0 bridgehead atoms. The number of pyridine rings is 3. The van der Waals surface area contributed by atoms with Crippen LogP contribution in [0.4, 0.5) is 0 Å². The van der Waals surface area contributed by atoms with E-state index in [1.54, 1.807) is 18.2 Å². The van der Waals surface area contributed by atoms with Crippen molar-refractivity contribution in [3.63, 3.8) is 0 Å². The maximum atomic E-state index is 7.49. The first-order valence-corrected chi connectivity index (χ1v) is 22.0. The average Bonchev–Trinajstić information content (AvgIpc) is 3.63. The van der Waals surface area contributed by atoms with Crippen LogP contribution in [0.25, 0.3) is 66.4 Å². The van der Waals surface area contributed by atoms with Gasteiger partial charge in [-0.05, 0) is 72.8 Å². The molecule has 9 aromatic rings. The van der Waals surface area contributed by atoms with Crippen LogP contribution in [0.2, 0.25) is 19.6 Å². The molecule has 6 heteroatoms. The third-order valence-electron chi connectivity index (χ3n) is 10.2. The number of aromatic nitrogens is 3. The summed E-state index contributed by atoms with van der Waals surface area (Å²) in [5, 5.41) is 5.63. The number of fused-ring (bicyclic) bond motifs is 4. The van der Waals surface area contributed by atoms with Crippen LogP contribution in [0.5, 0.6) is 0 Å². The summed E-state index contributed by atoms with van der Waals surface area (Å²) in [5.41, 5.74) is 9.33. The van der Waals surface area contributed by atoms with Crippen molar-refractivity contribution in [1.29, 1.82) is 0 Å². The van der Waals surface area contributed by atoms with Crippen LogP contribution in [0, 0.1) is 19.1 Å². The Bertz CT molecular complexity index is 2890. The molecule has 0 saturated carbocycles. The van der Waals surface area contributed by atoms with E-state index in [9.17, 15) is 0 Å². The zero-order chi connectivity index (χ0) is 40.7. The van der Waals surface area contributed by atoms with E-state index in [0.717, 1.165) is 60.9 Å². The van der Waals surface area contributed by atoms with E-state index in [2.05, 4.69) is 117 Å². The van der Waals surface area contributed by atoms with Crippen LogP contribution >= 0.6 is 0 Å². The fourth-order valence-electron chi connectivity index (χ4n) is 7.15. The minimum atomic E-state index is -2.11. The van der Waals surface area contributed by atoms with Crippen molar-refractivity contribution in [2.45, 2.75) is 45.8 Å². The molecule has 0 spiro atoms. The van der Waals surface area contributed by atoms with E-state index in [1.807, 2.05) is 67.0 Å². The van der Waals surface area contributed by atoms with Gasteiger partial charge in [0.25, 0.3) is 0 Å². The molecule has 0 unspecified atom stereocenters. The molecule has 4 heterocycles. The first-order chi connectivity index (χ1) is 27.8. The monoisotopic (exact) mass is 925 g/mol. The zero-order valence-electron chi connectivity index (χ0n) is 35.0. The third-order valence-corrected chi connectivity index (χ3v) is 12.2. The Morgan fingerprint density at radius 2 is 1.39 bits per heavy atom. The molecular weight excluding hydrogens is 879 g/mol. The van der Waals surface area contributed by atoms with Crippen molar-refractivity contribution in [1.82, 2.24) is 15.0 Å². The topological polar surface area (TPSA) is 51.8 Å². The minimum absolute atomic E-state index is 0. The largest absolute Gasteiger partial charge is 0.500 e. The van der Waals surface area contributed by atoms with Gasteiger partial charge in [0, 0.05) is 42.0 Å². The first kappa shape index (κ1) is 34.9. The van der Waals surface area contributed by atoms with Gasteiger partial charge in [-0.1, -0.05) is 161 Å². The molecule has 0 amide bonds. The van der Waals surface area contributed by atoms with Crippen molar-refractivity contribution in [3.8, 4) is 33.6 Å². The fourth-order valence-corrected chi connectivity index (χ4v) is 8.63. The van der Waals surface area contributed by atoms with Crippen LogP contribution in [-0.2, 0) is 25.5 Å². The molecule has 4 nitrogen and oxygen atoms in total. The summed E-state index contributed by atoms with van der Waals surface area (Å²) in [7, 11) is -1.57. The molecular formula is C50H43IrN3OSi-2. The summed E-state index contributed by atoms with van der Waals surface area (Å²) in [6.07, 6.45) is 7.17. The van der Waals surface area contributed by atoms with Crippen molar-refractivity contribution in [2.24, 2.45) is 0 Å². The Morgan fingerprint density at radius 3 is 2.11 bits per heavy atom. The Kier molecular flexibility index (Phi) is 9.93. The van der Waals surface area contributed by atoms with Gasteiger partial charge in [-0.25, -0.2) is 0 Å². The van der Waals surface area contributed by atoms with Crippen LogP contribution in [0.1, 0.15) is 34.8 Å². The normalized spacial score (nSPS) is 12.6. The molecule has 0 fully saturated rings. The van der Waals surface area contributed by atoms with Gasteiger partial charge < -0.3 is 19.4 Å². The summed E-state index contributed by atoms with van der Waals surface area (Å²) in [4.78, 5) is 14.3. The molecule has 0 saturated heterocycles. The van der Waals surface area contributed by atoms with E-state index in [1.165, 1.54) is 21.9 Å². The molecule has 0 aliphatic rings. The second kappa shape index (κ2) is 15.9. The maximum Gasteiger partial charge on any atom is 0.121 e. The molecule has 279 valence electrons. The Balaban J connectivity index is 0.000000180. The summed E-state index contributed by atoms with van der Waals surface area (Å²) in [6, 6.07) is 49.4. The summed E-state index contributed by atoms with van der Waals surface area (Å²) in [6.45, 7) is 9.23. The quantitative estimate of drug-likeness (QED) is 0.123. The van der Waals surface area contributed by atoms with Gasteiger partial charge in [0.1, 0.15) is 5.58 Å². The smallest absolute Gasteiger partial charge is 0.121 e. The van der Waals surface area contributed by atoms with E-state index >= 15 is 0 Å². The Labute approximate surface area is 348 Å². The number of nitrogens with zero attached hydrogens (tertiary/aromatic N) is 3. The van der Waals surface area contributed by atoms with Gasteiger partial charge in [-0.2, -0.15) is 0 Å². The molecule has 0 aliphatic carbocycles. The Morgan fingerprint density at radius 1 is 0.714 bits per heavy atom. The number of para-hydroxylation sites is 1. The van der Waals surface area contributed by atoms with Gasteiger partial charge in [-0.3, -0.25) is 0 Å². The standard InChI is InChI=1S/C29H21N2O.C21H22NSi.Ir/c1-29(2,21-12-4-3-5-13-21)28-26-22-14-8-9-15-25(22)32-27(26)23(18-31-28)24-16-19-10-6-7-11-20(19)17-30-24;1-16-10-12-18(13-11-16)20-14-19(17-8-6-5-7-9-17)21(15-22-20)23(2,3)4;/h3-17H,1-2H3;5-12,14-15H,1-4H3;/q2*-1;/i;1D3;. The average molecular weight is 925 g/mol. The molecule has 5 aromatic carbocycles. The van der Waals surface area contributed by atoms with Gasteiger partial charge in [0.05, 0.1) is 13.7 Å². The molecule has 0 N–H and O–H groups in total. The van der Waals surface area contributed by atoms with E-state index < -0.39 is 14.9 Å². The van der Waals surface area contributed by atoms with E-state index in [4.69, 9.17) is 18.5 Å². The molecule has 4 aromatic heterocycles. The van der Waals surface area contributed by atoms with E-state index in [0.29, 0.717) is 5.56 Å². The molecule has 0 aliphatic heterocycles. The van der Waals surface area contributed by atoms with Crippen molar-refractivity contribution in [3.05, 3.63) is 181 Å². The number of hydrogen-bond donors (Lipinski definition) is 0. The predicted octanol–water partition coefficient (Wildman–Crippen LogP) is 12.4. The molecule has 0 atom stereocenters. The number of aryl methyl sites for hydroxylation is 1. The summed E-state index contributed by atoms with van der Waals surface area (Å²) < 4.78 is 28.9. The van der Waals surface area contributed by atoms with Crippen LogP contribution < -0.4 is 5.19 Å². The van der Waals surface area contributed by atoms with Crippen molar-refractivity contribution < 1.29 is 28.6 Å².